The molecule has 1 fully saturated rings. The molecule has 2 N–H and O–H groups in total. The van der Waals surface area contributed by atoms with E-state index in [4.69, 9.17) is 0 Å². The molecule has 1 saturated heterocycles. The van der Waals surface area contributed by atoms with Crippen LogP contribution in [0.2, 0.25) is 0 Å². The molecule has 0 bridgehead atoms. The van der Waals surface area contributed by atoms with Crippen molar-refractivity contribution in [1.29, 1.82) is 0 Å². The molecular formula is C13H24N6O. The lowest BCUT2D eigenvalue weighted by Crippen LogP contribution is -2.56. The van der Waals surface area contributed by atoms with Crippen LogP contribution in [0.3, 0.4) is 0 Å². The number of carbonyl (C=O) groups excluding carboxylic acids is 1. The fourth-order valence-electron chi connectivity index (χ4n) is 2.31. The Morgan fingerprint density at radius 1 is 1.35 bits per heavy atom. The molecule has 20 heavy (non-hydrogen) atoms. The van der Waals surface area contributed by atoms with E-state index in [2.05, 4.69) is 30.3 Å². The molecule has 0 saturated carbocycles. The number of nitrogens with one attached hydrogen (secondary N) is 2. The van der Waals surface area contributed by atoms with E-state index in [0.717, 1.165) is 32.1 Å². The van der Waals surface area contributed by atoms with E-state index in [-0.39, 0.29) is 17.5 Å². The van der Waals surface area contributed by atoms with Crippen molar-refractivity contribution in [2.24, 2.45) is 0 Å². The predicted molar refractivity (Wildman–Crippen MR) is 77.5 cm³/mol. The van der Waals surface area contributed by atoms with Gasteiger partial charge in [-0.15, -0.1) is 0 Å². The molecule has 1 amide bonds. The second-order valence-corrected chi connectivity index (χ2v) is 6.25. The molecule has 7 heteroatoms. The number of aromatic amines is 1. The predicted octanol–water partition coefficient (Wildman–Crippen LogP) is 0.230. The Morgan fingerprint density at radius 2 is 2.00 bits per heavy atom. The average molecular weight is 280 g/mol. The van der Waals surface area contributed by atoms with Crippen LogP contribution < -0.4 is 10.2 Å². The smallest absolute Gasteiger partial charge is 0.237 e. The second kappa shape index (κ2) is 5.78. The number of carbonyl (C=O) groups is 1. The van der Waals surface area contributed by atoms with Crippen LogP contribution in [-0.4, -0.2) is 63.7 Å². The summed E-state index contributed by atoms with van der Waals surface area (Å²) in [6.45, 7) is 11.4. The highest BCUT2D eigenvalue weighted by atomic mass is 16.2. The van der Waals surface area contributed by atoms with Gasteiger partial charge in [0.25, 0.3) is 0 Å². The van der Waals surface area contributed by atoms with Crippen molar-refractivity contribution < 1.29 is 4.79 Å². The van der Waals surface area contributed by atoms with Crippen molar-refractivity contribution in [3.63, 3.8) is 0 Å². The third-order valence-corrected chi connectivity index (χ3v) is 3.44. The summed E-state index contributed by atoms with van der Waals surface area (Å²) in [7, 11) is 0. The van der Waals surface area contributed by atoms with Gasteiger partial charge in [0.2, 0.25) is 11.9 Å². The van der Waals surface area contributed by atoms with Gasteiger partial charge >= 0.3 is 0 Å². The van der Waals surface area contributed by atoms with Gasteiger partial charge in [0.15, 0.2) is 0 Å². The zero-order valence-electron chi connectivity index (χ0n) is 12.7. The second-order valence-electron chi connectivity index (χ2n) is 6.25. The van der Waals surface area contributed by atoms with Gasteiger partial charge in [-0.05, 0) is 27.7 Å². The van der Waals surface area contributed by atoms with Gasteiger partial charge in [-0.2, -0.15) is 10.1 Å². The van der Waals surface area contributed by atoms with Gasteiger partial charge in [0, 0.05) is 31.7 Å². The quantitative estimate of drug-likeness (QED) is 0.829. The maximum Gasteiger partial charge on any atom is 0.237 e. The first kappa shape index (κ1) is 14.8. The summed E-state index contributed by atoms with van der Waals surface area (Å²) in [5.41, 5.74) is -0.187. The number of amides is 1. The molecule has 2 heterocycles. The van der Waals surface area contributed by atoms with Crippen molar-refractivity contribution in [3.8, 4) is 0 Å². The average Bonchev–Trinajstić information content (AvgIpc) is 2.90. The van der Waals surface area contributed by atoms with Crippen molar-refractivity contribution >= 4 is 11.9 Å². The summed E-state index contributed by atoms with van der Waals surface area (Å²) in [5.74, 6) is 0.891. The van der Waals surface area contributed by atoms with Gasteiger partial charge < -0.3 is 10.2 Å². The zero-order chi connectivity index (χ0) is 14.8. The maximum atomic E-state index is 12.2. The first-order valence-electron chi connectivity index (χ1n) is 7.03. The fraction of sp³-hybridized carbons (Fsp3) is 0.769. The normalized spacial score (nSPS) is 18.9. The summed E-state index contributed by atoms with van der Waals surface area (Å²) in [6, 6.07) is -0.105. The standard InChI is InChI=1S/C13H24N6O/c1-10(11(20)16-13(2,3)4)18-5-7-19(8-6-18)12-14-9-15-17-12/h9-10H,5-8H2,1-4H3,(H,16,20)(H,14,15,17)/t10-/m0/s1. The molecule has 0 aromatic carbocycles. The number of hydrogen-bond donors (Lipinski definition) is 2. The van der Waals surface area contributed by atoms with E-state index in [1.807, 2.05) is 27.7 Å². The molecule has 0 radical (unpaired) electrons. The molecule has 1 aliphatic rings. The SMILES string of the molecule is C[C@@H](C(=O)NC(C)(C)C)N1CCN(c2ncn[nH]2)CC1. The number of rotatable bonds is 3. The Bertz CT molecular complexity index is 430. The van der Waals surface area contributed by atoms with E-state index >= 15 is 0 Å². The lowest BCUT2D eigenvalue weighted by atomic mass is 10.1. The van der Waals surface area contributed by atoms with Gasteiger partial charge in [0.05, 0.1) is 6.04 Å². The molecule has 112 valence electrons. The number of nitrogens with zero attached hydrogens (tertiary/aromatic N) is 4. The largest absolute Gasteiger partial charge is 0.350 e. The van der Waals surface area contributed by atoms with E-state index < -0.39 is 0 Å². The van der Waals surface area contributed by atoms with Crippen LogP contribution in [0.1, 0.15) is 27.7 Å². The van der Waals surface area contributed by atoms with Crippen LogP contribution in [0, 0.1) is 0 Å². The summed E-state index contributed by atoms with van der Waals surface area (Å²) >= 11 is 0. The van der Waals surface area contributed by atoms with Crippen molar-refractivity contribution in [2.75, 3.05) is 31.1 Å². The molecule has 0 spiro atoms. The van der Waals surface area contributed by atoms with Gasteiger partial charge in [-0.3, -0.25) is 9.69 Å². The minimum absolute atomic E-state index is 0.0885. The number of H-pyrrole nitrogens is 1. The number of aromatic nitrogens is 3. The highest BCUT2D eigenvalue weighted by Crippen LogP contribution is 2.12. The van der Waals surface area contributed by atoms with Crippen LogP contribution in [0.5, 0.6) is 0 Å². The van der Waals surface area contributed by atoms with Crippen molar-refractivity contribution in [2.45, 2.75) is 39.3 Å². The molecule has 1 aliphatic heterocycles. The third-order valence-electron chi connectivity index (χ3n) is 3.44. The van der Waals surface area contributed by atoms with Crippen LogP contribution in [-0.2, 0) is 4.79 Å². The van der Waals surface area contributed by atoms with Crippen LogP contribution in [0.15, 0.2) is 6.33 Å². The Balaban J connectivity index is 1.85. The maximum absolute atomic E-state index is 12.2. The molecule has 7 nitrogen and oxygen atoms in total. The topological polar surface area (TPSA) is 77.2 Å². The van der Waals surface area contributed by atoms with E-state index in [9.17, 15) is 4.79 Å². The minimum Gasteiger partial charge on any atom is -0.350 e. The van der Waals surface area contributed by atoms with Crippen molar-refractivity contribution in [3.05, 3.63) is 6.33 Å². The van der Waals surface area contributed by atoms with E-state index in [1.54, 1.807) is 0 Å². The zero-order valence-corrected chi connectivity index (χ0v) is 12.7. The molecule has 2 rings (SSSR count). The third kappa shape index (κ3) is 3.69. The highest BCUT2D eigenvalue weighted by Gasteiger charge is 2.28. The lowest BCUT2D eigenvalue weighted by Gasteiger charge is -2.38. The van der Waals surface area contributed by atoms with Crippen LogP contribution in [0.4, 0.5) is 5.95 Å². The monoisotopic (exact) mass is 280 g/mol. The molecule has 0 unspecified atom stereocenters. The summed E-state index contributed by atoms with van der Waals surface area (Å²) in [4.78, 5) is 20.7. The van der Waals surface area contributed by atoms with E-state index in [1.165, 1.54) is 6.33 Å². The summed E-state index contributed by atoms with van der Waals surface area (Å²) < 4.78 is 0. The molecule has 1 aromatic heterocycles. The number of hydrogen-bond acceptors (Lipinski definition) is 5. The van der Waals surface area contributed by atoms with Gasteiger partial charge in [-0.25, -0.2) is 5.10 Å². The Hall–Kier alpha value is -1.63. The van der Waals surface area contributed by atoms with Crippen LogP contribution in [0.25, 0.3) is 0 Å². The first-order chi connectivity index (χ1) is 9.37. The Kier molecular flexibility index (Phi) is 4.27. The number of piperazine rings is 1. The molecule has 1 atom stereocenters. The van der Waals surface area contributed by atoms with Crippen LogP contribution >= 0.6 is 0 Å². The number of anilines is 1. The Morgan fingerprint density at radius 3 is 2.50 bits per heavy atom. The summed E-state index contributed by atoms with van der Waals surface area (Å²) in [5, 5.41) is 9.77. The first-order valence-corrected chi connectivity index (χ1v) is 7.03. The molecule has 0 aliphatic carbocycles. The fourth-order valence-corrected chi connectivity index (χ4v) is 2.31. The molecule has 1 aromatic rings. The van der Waals surface area contributed by atoms with Gasteiger partial charge in [0.1, 0.15) is 6.33 Å². The van der Waals surface area contributed by atoms with Crippen molar-refractivity contribution in [1.82, 2.24) is 25.4 Å². The lowest BCUT2D eigenvalue weighted by molar-refractivity contribution is -0.127. The Labute approximate surface area is 119 Å². The highest BCUT2D eigenvalue weighted by molar-refractivity contribution is 5.82. The summed E-state index contributed by atoms with van der Waals surface area (Å²) in [6.07, 6.45) is 1.51. The molecular weight excluding hydrogens is 256 g/mol. The van der Waals surface area contributed by atoms with Gasteiger partial charge in [-0.1, -0.05) is 0 Å². The van der Waals surface area contributed by atoms with E-state index in [0.29, 0.717) is 0 Å². The minimum atomic E-state index is -0.187.